The Hall–Kier alpha value is -1.01. The van der Waals surface area contributed by atoms with Gasteiger partial charge in [0.25, 0.3) is 0 Å². The van der Waals surface area contributed by atoms with Crippen LogP contribution in [0.3, 0.4) is 0 Å². The molecule has 2 rings (SSSR count). The average molecular weight is 262 g/mol. The van der Waals surface area contributed by atoms with Gasteiger partial charge in [-0.25, -0.2) is 0 Å². The van der Waals surface area contributed by atoms with E-state index < -0.39 is 12.6 Å². The molecule has 0 radical (unpaired) electrons. The monoisotopic (exact) mass is 262 g/mol. The van der Waals surface area contributed by atoms with E-state index in [4.69, 9.17) is 4.42 Å². The Morgan fingerprint density at radius 3 is 2.61 bits per heavy atom. The fourth-order valence-corrected chi connectivity index (χ4v) is 2.28. The van der Waals surface area contributed by atoms with Crippen LogP contribution in [0.2, 0.25) is 0 Å². The molecule has 2 heterocycles. The number of nitrogens with zero attached hydrogens (tertiary/aromatic N) is 1. The van der Waals surface area contributed by atoms with Gasteiger partial charge in [-0.15, -0.1) is 0 Å². The Balaban J connectivity index is 2.03. The number of hydrogen-bond acceptors (Lipinski definition) is 3. The number of halogens is 3. The van der Waals surface area contributed by atoms with Gasteiger partial charge >= 0.3 is 6.18 Å². The van der Waals surface area contributed by atoms with Crippen molar-refractivity contribution in [1.29, 1.82) is 0 Å². The van der Waals surface area contributed by atoms with Crippen LogP contribution in [-0.4, -0.2) is 37.3 Å². The van der Waals surface area contributed by atoms with Crippen molar-refractivity contribution in [2.45, 2.75) is 25.1 Å². The molecule has 0 saturated carbocycles. The van der Waals surface area contributed by atoms with Crippen molar-refractivity contribution in [3.8, 4) is 0 Å². The summed E-state index contributed by atoms with van der Waals surface area (Å²) in [6.45, 7) is 3.12. The molecular formula is C12H17F3N2O. The zero-order chi connectivity index (χ0) is 13.0. The van der Waals surface area contributed by atoms with Crippen molar-refractivity contribution in [3.05, 3.63) is 24.2 Å². The highest BCUT2D eigenvalue weighted by Crippen LogP contribution is 2.31. The quantitative estimate of drug-likeness (QED) is 0.904. The SMILES string of the molecule is FC(F)(F)CC[C@@H](c1ccco1)N1CCNCC1. The molecule has 0 bridgehead atoms. The van der Waals surface area contributed by atoms with Crippen LogP contribution in [-0.2, 0) is 0 Å². The topological polar surface area (TPSA) is 28.4 Å². The van der Waals surface area contributed by atoms with E-state index in [-0.39, 0.29) is 12.5 Å². The molecule has 0 aromatic carbocycles. The van der Waals surface area contributed by atoms with Gasteiger partial charge in [0.2, 0.25) is 0 Å². The average Bonchev–Trinajstić information content (AvgIpc) is 2.83. The van der Waals surface area contributed by atoms with Crippen LogP contribution in [0.25, 0.3) is 0 Å². The molecule has 0 amide bonds. The highest BCUT2D eigenvalue weighted by molar-refractivity contribution is 5.05. The second kappa shape index (κ2) is 5.75. The maximum absolute atomic E-state index is 12.4. The van der Waals surface area contributed by atoms with E-state index in [1.54, 1.807) is 12.1 Å². The minimum atomic E-state index is -4.11. The molecule has 1 aromatic heterocycles. The van der Waals surface area contributed by atoms with Crippen LogP contribution in [0.4, 0.5) is 13.2 Å². The second-order valence-corrected chi connectivity index (χ2v) is 4.47. The molecule has 1 aliphatic rings. The number of furan rings is 1. The van der Waals surface area contributed by atoms with Gasteiger partial charge in [-0.2, -0.15) is 13.2 Å². The van der Waals surface area contributed by atoms with Crippen LogP contribution in [0.5, 0.6) is 0 Å². The first-order chi connectivity index (χ1) is 8.56. The smallest absolute Gasteiger partial charge is 0.389 e. The zero-order valence-electron chi connectivity index (χ0n) is 10.0. The van der Waals surface area contributed by atoms with Crippen molar-refractivity contribution >= 4 is 0 Å². The van der Waals surface area contributed by atoms with Gasteiger partial charge in [-0.1, -0.05) is 0 Å². The van der Waals surface area contributed by atoms with Gasteiger partial charge in [0.05, 0.1) is 12.3 Å². The Kier molecular flexibility index (Phi) is 4.29. The minimum absolute atomic E-state index is 0.0526. The predicted octanol–water partition coefficient (Wildman–Crippen LogP) is 2.57. The molecule has 1 atom stereocenters. The Morgan fingerprint density at radius 1 is 1.33 bits per heavy atom. The fraction of sp³-hybridized carbons (Fsp3) is 0.667. The van der Waals surface area contributed by atoms with E-state index in [0.29, 0.717) is 5.76 Å². The lowest BCUT2D eigenvalue weighted by Gasteiger charge is -2.34. The lowest BCUT2D eigenvalue weighted by Crippen LogP contribution is -2.45. The normalized spacial score (nSPS) is 19.9. The minimum Gasteiger partial charge on any atom is -0.468 e. The zero-order valence-corrected chi connectivity index (χ0v) is 10.0. The lowest BCUT2D eigenvalue weighted by molar-refractivity contribution is -0.138. The van der Waals surface area contributed by atoms with Crippen molar-refractivity contribution in [1.82, 2.24) is 10.2 Å². The number of piperazine rings is 1. The highest BCUT2D eigenvalue weighted by atomic mass is 19.4. The summed E-state index contributed by atoms with van der Waals surface area (Å²) in [5, 5.41) is 3.19. The fourth-order valence-electron chi connectivity index (χ4n) is 2.28. The van der Waals surface area contributed by atoms with Gasteiger partial charge in [0, 0.05) is 32.6 Å². The number of nitrogens with one attached hydrogen (secondary N) is 1. The Labute approximate surface area is 104 Å². The summed E-state index contributed by atoms with van der Waals surface area (Å²) in [6, 6.07) is 3.20. The molecular weight excluding hydrogens is 245 g/mol. The molecule has 0 spiro atoms. The standard InChI is InChI=1S/C12H17F3N2O/c13-12(14,15)4-3-10(11-2-1-9-18-11)17-7-5-16-6-8-17/h1-2,9-10,16H,3-8H2/t10-/m0/s1. The van der Waals surface area contributed by atoms with E-state index in [0.717, 1.165) is 26.2 Å². The number of hydrogen-bond donors (Lipinski definition) is 1. The van der Waals surface area contributed by atoms with Crippen molar-refractivity contribution in [2.24, 2.45) is 0 Å². The third-order valence-corrected chi connectivity index (χ3v) is 3.17. The lowest BCUT2D eigenvalue weighted by atomic mass is 10.1. The molecule has 1 aromatic rings. The van der Waals surface area contributed by atoms with Crippen molar-refractivity contribution in [2.75, 3.05) is 26.2 Å². The summed E-state index contributed by atoms with van der Waals surface area (Å²) < 4.78 is 42.4. The maximum atomic E-state index is 12.4. The van der Waals surface area contributed by atoms with Crippen LogP contribution >= 0.6 is 0 Å². The van der Waals surface area contributed by atoms with Gasteiger partial charge in [0.15, 0.2) is 0 Å². The Morgan fingerprint density at radius 2 is 2.06 bits per heavy atom. The summed E-state index contributed by atoms with van der Waals surface area (Å²) in [4.78, 5) is 2.06. The second-order valence-electron chi connectivity index (χ2n) is 4.47. The molecule has 6 heteroatoms. The van der Waals surface area contributed by atoms with Crippen LogP contribution in [0.1, 0.15) is 24.6 Å². The van der Waals surface area contributed by atoms with E-state index in [1.165, 1.54) is 6.26 Å². The first-order valence-electron chi connectivity index (χ1n) is 6.11. The third-order valence-electron chi connectivity index (χ3n) is 3.17. The molecule has 3 nitrogen and oxygen atoms in total. The Bertz CT molecular complexity index is 345. The summed E-state index contributed by atoms with van der Waals surface area (Å²) in [6.07, 6.45) is -3.32. The van der Waals surface area contributed by atoms with Gasteiger partial charge in [0.1, 0.15) is 5.76 Å². The van der Waals surface area contributed by atoms with Crippen LogP contribution in [0, 0.1) is 0 Å². The molecule has 18 heavy (non-hydrogen) atoms. The molecule has 0 unspecified atom stereocenters. The summed E-state index contributed by atoms with van der Waals surface area (Å²) in [5.74, 6) is 0.626. The number of rotatable bonds is 4. The third kappa shape index (κ3) is 3.74. The summed E-state index contributed by atoms with van der Waals surface area (Å²) in [7, 11) is 0. The van der Waals surface area contributed by atoms with Gasteiger partial charge in [-0.05, 0) is 18.6 Å². The first-order valence-corrected chi connectivity index (χ1v) is 6.11. The predicted molar refractivity (Wildman–Crippen MR) is 61.2 cm³/mol. The first kappa shape index (κ1) is 13.4. The van der Waals surface area contributed by atoms with Crippen LogP contribution in [0.15, 0.2) is 22.8 Å². The molecule has 1 fully saturated rings. The van der Waals surface area contributed by atoms with E-state index >= 15 is 0 Å². The van der Waals surface area contributed by atoms with Gasteiger partial charge in [-0.3, -0.25) is 4.90 Å². The molecule has 1 aliphatic heterocycles. The summed E-state index contributed by atoms with van der Waals surface area (Å²) in [5.41, 5.74) is 0. The van der Waals surface area contributed by atoms with E-state index in [2.05, 4.69) is 10.2 Å². The van der Waals surface area contributed by atoms with Crippen LogP contribution < -0.4 is 5.32 Å². The van der Waals surface area contributed by atoms with Crippen molar-refractivity contribution < 1.29 is 17.6 Å². The summed E-state index contributed by atoms with van der Waals surface area (Å²) >= 11 is 0. The molecule has 102 valence electrons. The van der Waals surface area contributed by atoms with E-state index in [1.807, 2.05) is 0 Å². The van der Waals surface area contributed by atoms with Gasteiger partial charge < -0.3 is 9.73 Å². The van der Waals surface area contributed by atoms with E-state index in [9.17, 15) is 13.2 Å². The highest BCUT2D eigenvalue weighted by Gasteiger charge is 2.32. The number of alkyl halides is 3. The molecule has 0 aliphatic carbocycles. The molecule has 1 saturated heterocycles. The molecule has 1 N–H and O–H groups in total. The largest absolute Gasteiger partial charge is 0.468 e. The van der Waals surface area contributed by atoms with Crippen molar-refractivity contribution in [3.63, 3.8) is 0 Å². The maximum Gasteiger partial charge on any atom is 0.389 e.